The van der Waals surface area contributed by atoms with Gasteiger partial charge in [-0.1, -0.05) is 18.1 Å². The van der Waals surface area contributed by atoms with Gasteiger partial charge in [-0.2, -0.15) is 8.78 Å². The van der Waals surface area contributed by atoms with Gasteiger partial charge in [0.2, 0.25) is 0 Å². The summed E-state index contributed by atoms with van der Waals surface area (Å²) in [4.78, 5) is 1.62. The minimum atomic E-state index is -3.07. The van der Waals surface area contributed by atoms with Crippen molar-refractivity contribution in [1.82, 2.24) is 4.90 Å². The van der Waals surface area contributed by atoms with E-state index >= 15 is 0 Å². The number of aliphatic hydroxyl groups excluding tert-OH is 1. The third kappa shape index (κ3) is 6.62. The molecule has 2 N–H and O–H groups in total. The minimum Gasteiger partial charge on any atom is -0.434 e. The van der Waals surface area contributed by atoms with E-state index in [2.05, 4.69) is 10.7 Å². The third-order valence-corrected chi connectivity index (χ3v) is 4.47. The molecule has 0 fully saturated rings. The number of benzene rings is 1. The summed E-state index contributed by atoms with van der Waals surface area (Å²) in [5.41, 5.74) is -0.392. The van der Waals surface area contributed by atoms with E-state index in [0.717, 1.165) is 0 Å². The molecule has 0 aromatic heterocycles. The smallest absolute Gasteiger partial charge is 0.434 e. The van der Waals surface area contributed by atoms with Crippen LogP contribution in [0.3, 0.4) is 0 Å². The Hall–Kier alpha value is 0.242. The van der Waals surface area contributed by atoms with E-state index < -0.39 is 24.2 Å². The maximum Gasteiger partial charge on any atom is 1.00 e. The molecule has 1 aliphatic heterocycles. The second-order valence-corrected chi connectivity index (χ2v) is 6.43. The molecule has 2 rings (SSSR count). The van der Waals surface area contributed by atoms with Crippen LogP contribution in [-0.4, -0.2) is 62.7 Å². The predicted octanol–water partition coefficient (Wildman–Crippen LogP) is -1.45. The first kappa shape index (κ1) is 28.2. The van der Waals surface area contributed by atoms with Crippen LogP contribution in [-0.2, 0) is 5.34 Å². The van der Waals surface area contributed by atoms with E-state index in [1.807, 2.05) is 0 Å². The van der Waals surface area contributed by atoms with Gasteiger partial charge in [0.05, 0.1) is 22.3 Å². The molecule has 0 spiro atoms. The van der Waals surface area contributed by atoms with Crippen LogP contribution < -0.4 is 73.6 Å². The number of aliphatic hydroxyl groups is 2. The molecule has 0 amide bonds. The number of terminal acetylenes is 1. The Morgan fingerprint density at radius 3 is 2.57 bits per heavy atom. The van der Waals surface area contributed by atoms with Crippen molar-refractivity contribution >= 4 is 15.7 Å². The number of hydrogen-bond donors (Lipinski definition) is 2. The van der Waals surface area contributed by atoms with Crippen LogP contribution in [0, 0.1) is 19.8 Å². The Morgan fingerprint density at radius 2 is 2.04 bits per heavy atom. The van der Waals surface area contributed by atoms with Gasteiger partial charge in [0.15, 0.2) is 0 Å². The Bertz CT molecular complexity index is 736. The quantitative estimate of drug-likeness (QED) is 0.215. The number of alkyl halides is 2. The molecule has 1 atom stereocenters. The van der Waals surface area contributed by atoms with Crippen molar-refractivity contribution in [3.05, 3.63) is 48.4 Å². The van der Waals surface area contributed by atoms with E-state index in [1.165, 1.54) is 25.1 Å². The second kappa shape index (κ2) is 11.6. The molecule has 1 heterocycles. The summed E-state index contributed by atoms with van der Waals surface area (Å²) in [5, 5.41) is 18.0. The van der Waals surface area contributed by atoms with Gasteiger partial charge in [-0.3, -0.25) is 0 Å². The molecular weight excluding hydrogens is 483 g/mol. The molecule has 1 aromatic rings. The number of ether oxygens (including phenoxy) is 1. The maximum atomic E-state index is 12.8. The average Bonchev–Trinajstić information content (AvgIpc) is 2.61. The average molecular weight is 505 g/mol. The molecule has 0 aliphatic carbocycles. The van der Waals surface area contributed by atoms with Crippen molar-refractivity contribution in [1.29, 1.82) is 0 Å². The van der Waals surface area contributed by atoms with Crippen molar-refractivity contribution < 1.29 is 92.6 Å². The van der Waals surface area contributed by atoms with Crippen LogP contribution in [0.5, 0.6) is 5.75 Å². The molecule has 4 nitrogen and oxygen atoms in total. The molecule has 0 unspecified atom stereocenters. The fourth-order valence-corrected chi connectivity index (χ4v) is 2.86. The van der Waals surface area contributed by atoms with Crippen molar-refractivity contribution in [3.8, 4) is 18.1 Å². The van der Waals surface area contributed by atoms with Crippen LogP contribution in [0.4, 0.5) is 8.78 Å². The first-order valence-corrected chi connectivity index (χ1v) is 8.03. The van der Waals surface area contributed by atoms with Gasteiger partial charge in [-0.15, -0.1) is 6.42 Å². The maximum absolute atomic E-state index is 12.8. The number of halogens is 2. The monoisotopic (exact) mass is 505 g/mol. The molecule has 142 valence electrons. The van der Waals surface area contributed by atoms with E-state index in [9.17, 15) is 19.0 Å². The van der Waals surface area contributed by atoms with Crippen LogP contribution in [0.1, 0.15) is 24.5 Å². The predicted molar refractivity (Wildman–Crippen MR) is 103 cm³/mol. The molecule has 4 radical (unpaired) electrons. The fraction of sp³-hybridized carbons (Fsp3) is 0.421. The van der Waals surface area contributed by atoms with Gasteiger partial charge in [-0.25, -0.2) is 0 Å². The van der Waals surface area contributed by atoms with E-state index in [-0.39, 0.29) is 94.2 Å². The number of rotatable bonds is 6. The summed E-state index contributed by atoms with van der Waals surface area (Å²) in [6.07, 6.45) is 7.64. The Labute approximate surface area is 227 Å². The molecule has 28 heavy (non-hydrogen) atoms. The summed E-state index contributed by atoms with van der Waals surface area (Å²) in [6.45, 7) is -1.46. The molecular formula is C19H22B2CsF2NO3. The molecule has 0 saturated carbocycles. The normalized spacial score (nSPS) is 16.8. The SMILES string of the molecule is [B]C([B])(c1ccc(C#C)cc1OC(F)F)N1CCC=C([C@](C)(O)CO)C1.[CH3-].[Cs+]. The fourth-order valence-electron chi connectivity index (χ4n) is 2.86. The Balaban J connectivity index is 0.00000364. The largest absolute Gasteiger partial charge is 1.00 e. The first-order valence-electron chi connectivity index (χ1n) is 8.03. The van der Waals surface area contributed by atoms with Gasteiger partial charge < -0.3 is 27.3 Å². The van der Waals surface area contributed by atoms with Crippen molar-refractivity contribution in [2.24, 2.45) is 0 Å². The summed E-state index contributed by atoms with van der Waals surface area (Å²) in [7, 11) is 12.6. The molecule has 1 aliphatic rings. The zero-order chi connectivity index (χ0) is 19.5. The molecule has 1 aromatic carbocycles. The van der Waals surface area contributed by atoms with Crippen LogP contribution in [0.25, 0.3) is 0 Å². The van der Waals surface area contributed by atoms with E-state index in [1.54, 1.807) is 11.0 Å². The van der Waals surface area contributed by atoms with Crippen molar-refractivity contribution in [2.75, 3.05) is 19.7 Å². The van der Waals surface area contributed by atoms with E-state index in [0.29, 0.717) is 24.1 Å². The summed E-state index contributed by atoms with van der Waals surface area (Å²) >= 11 is 0. The molecule has 9 heteroatoms. The molecule has 0 saturated heterocycles. The van der Waals surface area contributed by atoms with Crippen LogP contribution in [0.2, 0.25) is 0 Å². The second-order valence-electron chi connectivity index (χ2n) is 6.43. The first-order chi connectivity index (χ1) is 12.1. The number of nitrogens with zero attached hydrogens (tertiary/aromatic N) is 1. The Morgan fingerprint density at radius 1 is 1.39 bits per heavy atom. The van der Waals surface area contributed by atoms with E-state index in [4.69, 9.17) is 22.1 Å². The standard InChI is InChI=1S/C18H19B2F2NO3.CH3.Cs/c1-3-12-6-7-14(15(9-12)26-16(21)22)18(19,20)23-8-4-5-13(10-23)17(2,25)11-24;;/h1,5-7,9,16,24-25H,4,8,10-11H2,2H3;1H3;/q;-1;+1/t17-;;/m1../s1. The van der Waals surface area contributed by atoms with Crippen LogP contribution in [0.15, 0.2) is 29.8 Å². The van der Waals surface area contributed by atoms with Crippen molar-refractivity contribution in [2.45, 2.75) is 30.9 Å². The van der Waals surface area contributed by atoms with Gasteiger partial charge in [-0.05, 0) is 42.0 Å². The third-order valence-electron chi connectivity index (χ3n) is 4.47. The zero-order valence-corrected chi connectivity index (χ0v) is 22.7. The van der Waals surface area contributed by atoms with Crippen LogP contribution >= 0.6 is 0 Å². The summed E-state index contributed by atoms with van der Waals surface area (Å²) in [5.74, 6) is 2.14. The summed E-state index contributed by atoms with van der Waals surface area (Å²) < 4.78 is 30.1. The zero-order valence-electron chi connectivity index (χ0n) is 16.5. The Kier molecular flexibility index (Phi) is 11.7. The molecule has 0 bridgehead atoms. The topological polar surface area (TPSA) is 52.9 Å². The van der Waals surface area contributed by atoms with Gasteiger partial charge in [0.1, 0.15) is 11.4 Å². The summed E-state index contributed by atoms with van der Waals surface area (Å²) in [6, 6.07) is 4.27. The van der Waals surface area contributed by atoms with Crippen molar-refractivity contribution in [3.63, 3.8) is 0 Å². The van der Waals surface area contributed by atoms with Gasteiger partial charge in [0, 0.05) is 18.7 Å². The minimum absolute atomic E-state index is 0. The van der Waals surface area contributed by atoms with Gasteiger partial charge in [0.25, 0.3) is 0 Å². The number of hydrogen-bond acceptors (Lipinski definition) is 4. The van der Waals surface area contributed by atoms with Gasteiger partial charge >= 0.3 is 75.5 Å².